The summed E-state index contributed by atoms with van der Waals surface area (Å²) in [4.78, 5) is 21.7. The molecule has 0 unspecified atom stereocenters. The summed E-state index contributed by atoms with van der Waals surface area (Å²) >= 11 is 0. The van der Waals surface area contributed by atoms with Crippen LogP contribution in [0.4, 0.5) is 5.69 Å². The molecular weight excluding hydrogens is 350 g/mol. The molecule has 0 aliphatic carbocycles. The van der Waals surface area contributed by atoms with E-state index in [9.17, 15) is 20.0 Å². The highest BCUT2D eigenvalue weighted by Gasteiger charge is 2.15. The first kappa shape index (κ1) is 20.2. The minimum atomic E-state index is -0.460. The number of carbonyl (C=O) groups is 1. The molecule has 0 aliphatic heterocycles. The maximum atomic E-state index is 11.6. The van der Waals surface area contributed by atoms with Gasteiger partial charge in [0, 0.05) is 24.1 Å². The zero-order valence-corrected chi connectivity index (χ0v) is 15.4. The third-order valence-corrected chi connectivity index (χ3v) is 3.98. The molecule has 0 heterocycles. The van der Waals surface area contributed by atoms with Crippen LogP contribution < -0.4 is 9.47 Å². The number of hydrogen-bond acceptors (Lipinski definition) is 6. The van der Waals surface area contributed by atoms with E-state index in [0.717, 1.165) is 6.42 Å². The van der Waals surface area contributed by atoms with Gasteiger partial charge in [0.05, 0.1) is 23.7 Å². The van der Waals surface area contributed by atoms with E-state index in [0.29, 0.717) is 48.7 Å². The highest BCUT2D eigenvalue weighted by molar-refractivity contribution is 5.97. The van der Waals surface area contributed by atoms with Gasteiger partial charge in [0.25, 0.3) is 5.69 Å². The van der Waals surface area contributed by atoms with E-state index in [2.05, 4.69) is 0 Å². The van der Waals surface area contributed by atoms with Gasteiger partial charge in [0.15, 0.2) is 5.78 Å². The van der Waals surface area contributed by atoms with Crippen molar-refractivity contribution in [1.82, 2.24) is 0 Å². The predicted molar refractivity (Wildman–Crippen MR) is 101 cm³/mol. The number of phenols is 1. The number of ether oxygens (including phenoxy) is 2. The molecule has 0 spiro atoms. The zero-order valence-electron chi connectivity index (χ0n) is 15.4. The lowest BCUT2D eigenvalue weighted by Gasteiger charge is -2.14. The lowest BCUT2D eigenvalue weighted by atomic mass is 10.0. The molecule has 0 saturated carbocycles. The van der Waals surface area contributed by atoms with Crippen LogP contribution in [0.5, 0.6) is 17.2 Å². The second kappa shape index (κ2) is 9.56. The van der Waals surface area contributed by atoms with Crippen LogP contribution in [0.1, 0.15) is 42.6 Å². The summed E-state index contributed by atoms with van der Waals surface area (Å²) in [6, 6.07) is 9.16. The topological polar surface area (TPSA) is 98.9 Å². The summed E-state index contributed by atoms with van der Waals surface area (Å²) in [6.45, 7) is 4.17. The van der Waals surface area contributed by atoms with Crippen LogP contribution >= 0.6 is 0 Å². The van der Waals surface area contributed by atoms with Gasteiger partial charge in [-0.1, -0.05) is 13.3 Å². The maximum Gasteiger partial charge on any atom is 0.269 e. The van der Waals surface area contributed by atoms with Crippen LogP contribution in [0.25, 0.3) is 0 Å². The number of nitro benzene ring substituents is 1. The molecule has 0 atom stereocenters. The minimum Gasteiger partial charge on any atom is -0.507 e. The standard InChI is InChI=1S/C20H23NO6/c1-3-5-18-19(11-10-17(14(2)22)20(18)23)27-13-4-12-26-16-8-6-15(7-9-16)21(24)25/h6-11,23H,3-5,12-13H2,1-2H3. The monoisotopic (exact) mass is 373 g/mol. The largest absolute Gasteiger partial charge is 0.507 e. The average molecular weight is 373 g/mol. The van der Waals surface area contributed by atoms with Crippen molar-refractivity contribution >= 4 is 11.5 Å². The van der Waals surface area contributed by atoms with Gasteiger partial charge >= 0.3 is 0 Å². The number of non-ortho nitro benzene ring substituents is 1. The van der Waals surface area contributed by atoms with Crippen molar-refractivity contribution in [3.8, 4) is 17.2 Å². The molecule has 2 aromatic carbocycles. The third kappa shape index (κ3) is 5.44. The van der Waals surface area contributed by atoms with E-state index in [1.807, 2.05) is 6.92 Å². The first-order valence-corrected chi connectivity index (χ1v) is 8.79. The molecule has 2 rings (SSSR count). The molecule has 144 valence electrons. The van der Waals surface area contributed by atoms with Gasteiger partial charge in [-0.05, 0) is 37.6 Å². The van der Waals surface area contributed by atoms with Gasteiger partial charge in [-0.15, -0.1) is 0 Å². The van der Waals surface area contributed by atoms with Crippen LogP contribution in [0.2, 0.25) is 0 Å². The van der Waals surface area contributed by atoms with Crippen LogP contribution in [0.15, 0.2) is 36.4 Å². The summed E-state index contributed by atoms with van der Waals surface area (Å²) in [5.74, 6) is 0.919. The fourth-order valence-corrected chi connectivity index (χ4v) is 2.62. The predicted octanol–water partition coefficient (Wildman–Crippen LogP) is 4.30. The summed E-state index contributed by atoms with van der Waals surface area (Å²) in [7, 11) is 0. The number of nitrogens with zero attached hydrogens (tertiary/aromatic N) is 1. The average Bonchev–Trinajstić information content (AvgIpc) is 2.64. The fraction of sp³-hybridized carbons (Fsp3) is 0.350. The zero-order chi connectivity index (χ0) is 19.8. The number of Topliss-reactive ketones (excluding diaryl/α,β-unsaturated/α-hetero) is 1. The van der Waals surface area contributed by atoms with Gasteiger partial charge < -0.3 is 14.6 Å². The molecular formula is C20H23NO6. The van der Waals surface area contributed by atoms with E-state index in [1.165, 1.54) is 19.1 Å². The Hall–Kier alpha value is -3.09. The molecule has 27 heavy (non-hydrogen) atoms. The number of phenolic OH excluding ortho intramolecular Hbond substituents is 1. The molecule has 2 aromatic rings. The van der Waals surface area contributed by atoms with Crippen molar-refractivity contribution in [3.63, 3.8) is 0 Å². The molecule has 0 saturated heterocycles. The number of nitro groups is 1. The van der Waals surface area contributed by atoms with E-state index in [1.54, 1.807) is 24.3 Å². The van der Waals surface area contributed by atoms with Gasteiger partial charge in [0.2, 0.25) is 0 Å². The van der Waals surface area contributed by atoms with Crippen LogP contribution in [-0.4, -0.2) is 29.0 Å². The number of benzene rings is 2. The smallest absolute Gasteiger partial charge is 0.269 e. The van der Waals surface area contributed by atoms with E-state index in [-0.39, 0.29) is 17.2 Å². The van der Waals surface area contributed by atoms with Crippen molar-refractivity contribution < 1.29 is 24.3 Å². The van der Waals surface area contributed by atoms with Gasteiger partial charge in [-0.2, -0.15) is 0 Å². The van der Waals surface area contributed by atoms with E-state index < -0.39 is 4.92 Å². The Morgan fingerprint density at radius 3 is 2.37 bits per heavy atom. The SMILES string of the molecule is CCCc1c(OCCCOc2ccc([N+](=O)[O-])cc2)ccc(C(C)=O)c1O. The first-order chi connectivity index (χ1) is 12.9. The molecule has 1 N–H and O–H groups in total. The van der Waals surface area contributed by atoms with Gasteiger partial charge in [-0.25, -0.2) is 0 Å². The Bertz CT molecular complexity index is 801. The summed E-state index contributed by atoms with van der Waals surface area (Å²) in [5.41, 5.74) is 0.955. The summed E-state index contributed by atoms with van der Waals surface area (Å²) in [5, 5.41) is 20.9. The number of rotatable bonds is 10. The molecule has 0 aliphatic rings. The highest BCUT2D eigenvalue weighted by atomic mass is 16.6. The van der Waals surface area contributed by atoms with Crippen LogP contribution in [0.3, 0.4) is 0 Å². The van der Waals surface area contributed by atoms with Crippen LogP contribution in [-0.2, 0) is 6.42 Å². The van der Waals surface area contributed by atoms with Crippen LogP contribution in [0, 0.1) is 10.1 Å². The number of ketones is 1. The van der Waals surface area contributed by atoms with Gasteiger partial charge in [0.1, 0.15) is 17.2 Å². The van der Waals surface area contributed by atoms with E-state index in [4.69, 9.17) is 9.47 Å². The molecule has 7 heteroatoms. The maximum absolute atomic E-state index is 11.6. The first-order valence-electron chi connectivity index (χ1n) is 8.79. The number of aromatic hydroxyl groups is 1. The molecule has 0 bridgehead atoms. The molecule has 0 fully saturated rings. The normalized spacial score (nSPS) is 10.4. The van der Waals surface area contributed by atoms with Crippen molar-refractivity contribution in [2.24, 2.45) is 0 Å². The van der Waals surface area contributed by atoms with Crippen molar-refractivity contribution in [1.29, 1.82) is 0 Å². The number of hydrogen-bond donors (Lipinski definition) is 1. The Kier molecular flexibility index (Phi) is 7.16. The Morgan fingerprint density at radius 2 is 1.78 bits per heavy atom. The quantitative estimate of drug-likeness (QED) is 0.288. The molecule has 0 amide bonds. The lowest BCUT2D eigenvalue weighted by Crippen LogP contribution is -2.07. The highest BCUT2D eigenvalue weighted by Crippen LogP contribution is 2.33. The van der Waals surface area contributed by atoms with Crippen molar-refractivity contribution in [2.75, 3.05) is 13.2 Å². The Balaban J connectivity index is 1.88. The summed E-state index contributed by atoms with van der Waals surface area (Å²) in [6.07, 6.45) is 2.02. The van der Waals surface area contributed by atoms with E-state index >= 15 is 0 Å². The van der Waals surface area contributed by atoms with Crippen molar-refractivity contribution in [2.45, 2.75) is 33.1 Å². The Labute approximate surface area is 157 Å². The molecule has 0 aromatic heterocycles. The third-order valence-electron chi connectivity index (χ3n) is 3.98. The molecule has 0 radical (unpaired) electrons. The fourth-order valence-electron chi connectivity index (χ4n) is 2.62. The second-order valence-corrected chi connectivity index (χ2v) is 6.05. The summed E-state index contributed by atoms with van der Waals surface area (Å²) < 4.78 is 11.3. The minimum absolute atomic E-state index is 0.0102. The Morgan fingerprint density at radius 1 is 1.11 bits per heavy atom. The second-order valence-electron chi connectivity index (χ2n) is 6.05. The van der Waals surface area contributed by atoms with Crippen molar-refractivity contribution in [3.05, 3.63) is 57.6 Å². The van der Waals surface area contributed by atoms with Gasteiger partial charge in [-0.3, -0.25) is 14.9 Å². The molecule has 7 nitrogen and oxygen atoms in total. The number of carbonyl (C=O) groups excluding carboxylic acids is 1. The lowest BCUT2D eigenvalue weighted by molar-refractivity contribution is -0.384.